The fraction of sp³-hybridized carbons (Fsp3) is 0.333. The van der Waals surface area contributed by atoms with Crippen LogP contribution >= 0.6 is 38.9 Å². The summed E-state index contributed by atoms with van der Waals surface area (Å²) >= 11 is 11.1. The highest BCUT2D eigenvalue weighted by molar-refractivity contribution is 9.10. The Kier molecular flexibility index (Phi) is 5.90. The average molecular weight is 375 g/mol. The average Bonchev–Trinajstić information content (AvgIpc) is 2.76. The van der Waals surface area contributed by atoms with Gasteiger partial charge in [0.2, 0.25) is 0 Å². The molecule has 0 spiro atoms. The molecule has 0 fully saturated rings. The van der Waals surface area contributed by atoms with Gasteiger partial charge in [0.15, 0.2) is 0 Å². The van der Waals surface area contributed by atoms with E-state index < -0.39 is 0 Å². The fourth-order valence-corrected chi connectivity index (χ4v) is 3.61. The summed E-state index contributed by atoms with van der Waals surface area (Å²) in [7, 11) is 0. The number of ether oxygens (including phenoxy) is 1. The molecule has 1 aromatic carbocycles. The van der Waals surface area contributed by atoms with Crippen LogP contribution < -0.4 is 10.1 Å². The minimum Gasteiger partial charge on any atom is -0.494 e. The van der Waals surface area contributed by atoms with Crippen LogP contribution in [0.25, 0.3) is 0 Å². The van der Waals surface area contributed by atoms with Gasteiger partial charge < -0.3 is 10.1 Å². The van der Waals surface area contributed by atoms with E-state index in [-0.39, 0.29) is 6.04 Å². The summed E-state index contributed by atoms with van der Waals surface area (Å²) in [4.78, 5) is 1.22. The number of benzene rings is 1. The number of rotatable bonds is 6. The van der Waals surface area contributed by atoms with Crippen molar-refractivity contribution in [3.63, 3.8) is 0 Å². The van der Waals surface area contributed by atoms with Gasteiger partial charge in [-0.1, -0.05) is 23.7 Å². The SMILES string of the molecule is CCOc1ccc(C(C)NCc2cc(Br)c(Cl)s2)cc1. The van der Waals surface area contributed by atoms with Gasteiger partial charge in [0.25, 0.3) is 0 Å². The quantitative estimate of drug-likeness (QED) is 0.729. The maximum Gasteiger partial charge on any atom is 0.119 e. The van der Waals surface area contributed by atoms with E-state index in [9.17, 15) is 0 Å². The molecular weight excluding hydrogens is 358 g/mol. The van der Waals surface area contributed by atoms with Crippen LogP contribution in [0.1, 0.15) is 30.3 Å². The summed E-state index contributed by atoms with van der Waals surface area (Å²) in [5, 5.41) is 3.50. The van der Waals surface area contributed by atoms with E-state index in [1.165, 1.54) is 10.4 Å². The lowest BCUT2D eigenvalue weighted by Gasteiger charge is -2.14. The number of thiophene rings is 1. The van der Waals surface area contributed by atoms with E-state index in [0.717, 1.165) is 21.1 Å². The Bertz CT molecular complexity index is 536. The van der Waals surface area contributed by atoms with Crippen molar-refractivity contribution >= 4 is 38.9 Å². The molecule has 2 rings (SSSR count). The van der Waals surface area contributed by atoms with Gasteiger partial charge in [-0.25, -0.2) is 0 Å². The van der Waals surface area contributed by atoms with Crippen LogP contribution in [0.5, 0.6) is 5.75 Å². The highest BCUT2D eigenvalue weighted by Crippen LogP contribution is 2.32. The first-order valence-electron chi connectivity index (χ1n) is 6.50. The van der Waals surface area contributed by atoms with Crippen LogP contribution in [0.4, 0.5) is 0 Å². The van der Waals surface area contributed by atoms with Gasteiger partial charge >= 0.3 is 0 Å². The molecule has 1 heterocycles. The second-order valence-electron chi connectivity index (χ2n) is 4.44. The van der Waals surface area contributed by atoms with Crippen molar-refractivity contribution in [2.75, 3.05) is 6.61 Å². The molecule has 1 aromatic heterocycles. The summed E-state index contributed by atoms with van der Waals surface area (Å²) in [5.41, 5.74) is 1.25. The van der Waals surface area contributed by atoms with Crippen molar-refractivity contribution in [2.24, 2.45) is 0 Å². The van der Waals surface area contributed by atoms with Gasteiger partial charge in [-0.3, -0.25) is 0 Å². The summed E-state index contributed by atoms with van der Waals surface area (Å²) < 4.78 is 7.22. The zero-order valence-electron chi connectivity index (χ0n) is 11.5. The molecule has 0 saturated heterocycles. The summed E-state index contributed by atoms with van der Waals surface area (Å²) in [6.45, 7) is 5.65. The van der Waals surface area contributed by atoms with Crippen LogP contribution in [0.15, 0.2) is 34.8 Å². The monoisotopic (exact) mass is 373 g/mol. The van der Waals surface area contributed by atoms with Crippen molar-refractivity contribution in [3.8, 4) is 5.75 Å². The molecule has 1 atom stereocenters. The Balaban J connectivity index is 1.92. The number of hydrogen-bond acceptors (Lipinski definition) is 3. The topological polar surface area (TPSA) is 21.3 Å². The Hall–Kier alpha value is -0.550. The summed E-state index contributed by atoms with van der Waals surface area (Å²) in [6, 6.07) is 10.6. The van der Waals surface area contributed by atoms with Gasteiger partial charge in [0.1, 0.15) is 10.1 Å². The normalized spacial score (nSPS) is 12.4. The fourth-order valence-electron chi connectivity index (χ4n) is 1.87. The molecule has 0 aliphatic heterocycles. The van der Waals surface area contributed by atoms with Gasteiger partial charge in [-0.15, -0.1) is 11.3 Å². The van der Waals surface area contributed by atoms with Crippen LogP contribution in [0.2, 0.25) is 4.34 Å². The maximum atomic E-state index is 6.04. The molecule has 5 heteroatoms. The summed E-state index contributed by atoms with van der Waals surface area (Å²) in [5.74, 6) is 0.914. The van der Waals surface area contributed by atoms with Crippen molar-refractivity contribution in [2.45, 2.75) is 26.4 Å². The number of hydrogen-bond donors (Lipinski definition) is 1. The van der Waals surface area contributed by atoms with Crippen LogP contribution in [0.3, 0.4) is 0 Å². The first-order chi connectivity index (χ1) is 9.60. The molecule has 0 radical (unpaired) electrons. The second kappa shape index (κ2) is 7.46. The lowest BCUT2D eigenvalue weighted by Crippen LogP contribution is -2.17. The third kappa shape index (κ3) is 4.22. The zero-order valence-corrected chi connectivity index (χ0v) is 14.6. The Labute approximate surface area is 137 Å². The Morgan fingerprint density at radius 1 is 1.35 bits per heavy atom. The lowest BCUT2D eigenvalue weighted by atomic mass is 10.1. The third-order valence-electron chi connectivity index (χ3n) is 2.97. The number of halogens is 2. The molecule has 0 amide bonds. The summed E-state index contributed by atoms with van der Waals surface area (Å²) in [6.07, 6.45) is 0. The predicted molar refractivity (Wildman–Crippen MR) is 89.9 cm³/mol. The molecule has 1 N–H and O–H groups in total. The highest BCUT2D eigenvalue weighted by atomic mass is 79.9. The van der Waals surface area contributed by atoms with Crippen LogP contribution in [0, 0.1) is 0 Å². The third-order valence-corrected chi connectivity index (χ3v) is 5.44. The molecule has 0 bridgehead atoms. The van der Waals surface area contributed by atoms with Crippen LogP contribution in [-0.4, -0.2) is 6.61 Å². The molecule has 2 nitrogen and oxygen atoms in total. The van der Waals surface area contributed by atoms with Crippen molar-refractivity contribution in [1.82, 2.24) is 5.32 Å². The van der Waals surface area contributed by atoms with Crippen molar-refractivity contribution in [1.29, 1.82) is 0 Å². The van der Waals surface area contributed by atoms with Gasteiger partial charge in [0.05, 0.1) is 6.61 Å². The van der Waals surface area contributed by atoms with E-state index in [2.05, 4.69) is 46.4 Å². The van der Waals surface area contributed by atoms with Gasteiger partial charge in [0, 0.05) is 21.9 Å². The van der Waals surface area contributed by atoms with E-state index >= 15 is 0 Å². The van der Waals surface area contributed by atoms with E-state index in [0.29, 0.717) is 6.61 Å². The molecule has 0 aliphatic carbocycles. The van der Waals surface area contributed by atoms with E-state index in [4.69, 9.17) is 16.3 Å². The molecule has 2 aromatic rings. The highest BCUT2D eigenvalue weighted by Gasteiger charge is 2.08. The standard InChI is InChI=1S/C15H17BrClNOS/c1-3-19-12-6-4-11(5-7-12)10(2)18-9-13-8-14(16)15(17)20-13/h4-8,10,18H,3,9H2,1-2H3. The molecule has 108 valence electrons. The second-order valence-corrected chi connectivity index (χ2v) is 7.03. The lowest BCUT2D eigenvalue weighted by molar-refractivity contribution is 0.340. The maximum absolute atomic E-state index is 6.04. The van der Waals surface area contributed by atoms with Crippen LogP contribution in [-0.2, 0) is 6.54 Å². The zero-order chi connectivity index (χ0) is 14.5. The Morgan fingerprint density at radius 2 is 2.05 bits per heavy atom. The molecule has 0 aliphatic rings. The molecule has 0 saturated carbocycles. The first kappa shape index (κ1) is 15.8. The van der Waals surface area contributed by atoms with E-state index in [1.807, 2.05) is 19.1 Å². The minimum absolute atomic E-state index is 0.283. The molecule has 1 unspecified atom stereocenters. The Morgan fingerprint density at radius 3 is 2.60 bits per heavy atom. The molecular formula is C15H17BrClNOS. The first-order valence-corrected chi connectivity index (χ1v) is 8.48. The van der Waals surface area contributed by atoms with Crippen molar-refractivity contribution < 1.29 is 4.74 Å². The molecule has 20 heavy (non-hydrogen) atoms. The number of nitrogens with one attached hydrogen (secondary N) is 1. The van der Waals surface area contributed by atoms with E-state index in [1.54, 1.807) is 11.3 Å². The minimum atomic E-state index is 0.283. The largest absolute Gasteiger partial charge is 0.494 e. The van der Waals surface area contributed by atoms with Gasteiger partial charge in [-0.05, 0) is 53.5 Å². The smallest absolute Gasteiger partial charge is 0.119 e. The van der Waals surface area contributed by atoms with Gasteiger partial charge in [-0.2, -0.15) is 0 Å². The predicted octanol–water partition coefficient (Wildman–Crippen LogP) is 5.41. The van der Waals surface area contributed by atoms with Crippen molar-refractivity contribution in [3.05, 3.63) is 49.6 Å².